The second kappa shape index (κ2) is 4.45. The molecule has 1 heterocycles. The van der Waals surface area contributed by atoms with Crippen molar-refractivity contribution >= 4 is 0 Å². The van der Waals surface area contributed by atoms with E-state index in [0.717, 1.165) is 11.3 Å². The van der Waals surface area contributed by atoms with Gasteiger partial charge in [0.1, 0.15) is 5.75 Å². The summed E-state index contributed by atoms with van der Waals surface area (Å²) in [4.78, 5) is 14.2. The molecule has 3 heteroatoms. The van der Waals surface area contributed by atoms with Crippen LogP contribution in [0.25, 0.3) is 11.1 Å². The highest BCUT2D eigenvalue weighted by Crippen LogP contribution is 2.33. The minimum atomic E-state index is -0.272. The van der Waals surface area contributed by atoms with Crippen molar-refractivity contribution in [3.63, 3.8) is 0 Å². The molecule has 0 saturated carbocycles. The average Bonchev–Trinajstić information content (AvgIpc) is 2.29. The number of aromatic amines is 1. The van der Waals surface area contributed by atoms with Crippen molar-refractivity contribution in [3.05, 3.63) is 52.4 Å². The van der Waals surface area contributed by atoms with E-state index in [1.54, 1.807) is 0 Å². The molecule has 0 amide bonds. The number of pyridine rings is 1. The fourth-order valence-corrected chi connectivity index (χ4v) is 1.91. The number of H-pyrrole nitrogens is 1. The van der Waals surface area contributed by atoms with Crippen LogP contribution in [0.15, 0.2) is 41.2 Å². The number of hydrogen-bond acceptors (Lipinski definition) is 2. The van der Waals surface area contributed by atoms with Crippen LogP contribution in [0.2, 0.25) is 0 Å². The summed E-state index contributed by atoms with van der Waals surface area (Å²) in [6, 6.07) is 10.8. The van der Waals surface area contributed by atoms with Crippen LogP contribution >= 0.6 is 0 Å². The SMILES string of the molecule is CC(C)c1[nH]c(=O)cc(O)c1-c1ccccc1. The predicted octanol–water partition coefficient (Wildman–Crippen LogP) is 2.87. The number of aromatic nitrogens is 1. The van der Waals surface area contributed by atoms with Gasteiger partial charge in [-0.3, -0.25) is 4.79 Å². The van der Waals surface area contributed by atoms with Gasteiger partial charge in [-0.2, -0.15) is 0 Å². The lowest BCUT2D eigenvalue weighted by Gasteiger charge is -2.13. The maximum absolute atomic E-state index is 11.4. The van der Waals surface area contributed by atoms with Crippen LogP contribution in [0.1, 0.15) is 25.5 Å². The van der Waals surface area contributed by atoms with Gasteiger partial charge in [-0.05, 0) is 11.5 Å². The fourth-order valence-electron chi connectivity index (χ4n) is 1.91. The van der Waals surface area contributed by atoms with Crippen molar-refractivity contribution in [1.29, 1.82) is 0 Å². The molecule has 0 unspecified atom stereocenters. The largest absolute Gasteiger partial charge is 0.507 e. The molecule has 0 aliphatic rings. The zero-order valence-electron chi connectivity index (χ0n) is 9.90. The molecule has 1 aromatic heterocycles. The Bertz CT molecular complexity index is 571. The molecule has 0 spiro atoms. The van der Waals surface area contributed by atoms with Gasteiger partial charge in [-0.1, -0.05) is 44.2 Å². The van der Waals surface area contributed by atoms with E-state index in [2.05, 4.69) is 4.98 Å². The van der Waals surface area contributed by atoms with Gasteiger partial charge in [-0.15, -0.1) is 0 Å². The molecule has 0 aliphatic heterocycles. The zero-order chi connectivity index (χ0) is 12.4. The van der Waals surface area contributed by atoms with Crippen molar-refractivity contribution < 1.29 is 5.11 Å². The standard InChI is InChI=1S/C14H15NO2/c1-9(2)14-13(10-6-4-3-5-7-10)11(16)8-12(17)15-14/h3-9H,1-2H3,(H2,15,16,17). The molecule has 2 rings (SSSR count). The Balaban J connectivity index is 2.72. The Kier molecular flexibility index (Phi) is 3.00. The molecule has 3 nitrogen and oxygen atoms in total. The summed E-state index contributed by atoms with van der Waals surface area (Å²) < 4.78 is 0. The van der Waals surface area contributed by atoms with Crippen LogP contribution < -0.4 is 5.56 Å². The number of aromatic hydroxyl groups is 1. The molecule has 0 atom stereocenters. The molecule has 0 bridgehead atoms. The molecule has 17 heavy (non-hydrogen) atoms. The summed E-state index contributed by atoms with van der Waals surface area (Å²) in [6.45, 7) is 3.97. The normalized spacial score (nSPS) is 10.8. The van der Waals surface area contributed by atoms with Gasteiger partial charge in [0.15, 0.2) is 0 Å². The summed E-state index contributed by atoms with van der Waals surface area (Å²) in [5.41, 5.74) is 2.11. The first-order valence-electron chi connectivity index (χ1n) is 5.61. The van der Waals surface area contributed by atoms with Crippen LogP contribution in [-0.2, 0) is 0 Å². The van der Waals surface area contributed by atoms with E-state index in [9.17, 15) is 9.90 Å². The van der Waals surface area contributed by atoms with E-state index in [0.29, 0.717) is 5.56 Å². The minimum Gasteiger partial charge on any atom is -0.507 e. The van der Waals surface area contributed by atoms with Gasteiger partial charge in [0, 0.05) is 17.3 Å². The van der Waals surface area contributed by atoms with Crippen LogP contribution in [0, 0.1) is 0 Å². The van der Waals surface area contributed by atoms with Gasteiger partial charge < -0.3 is 10.1 Å². The summed E-state index contributed by atoms with van der Waals surface area (Å²) >= 11 is 0. The number of rotatable bonds is 2. The van der Waals surface area contributed by atoms with Crippen LogP contribution in [0.4, 0.5) is 0 Å². The molecule has 2 N–H and O–H groups in total. The van der Waals surface area contributed by atoms with Crippen molar-refractivity contribution in [3.8, 4) is 16.9 Å². The second-order valence-electron chi connectivity index (χ2n) is 4.33. The van der Waals surface area contributed by atoms with E-state index in [1.807, 2.05) is 44.2 Å². The molecule has 0 aliphatic carbocycles. The van der Waals surface area contributed by atoms with Crippen molar-refractivity contribution in [1.82, 2.24) is 4.98 Å². The predicted molar refractivity (Wildman–Crippen MR) is 68.3 cm³/mol. The molecular formula is C14H15NO2. The van der Waals surface area contributed by atoms with Crippen LogP contribution in [0.3, 0.4) is 0 Å². The van der Waals surface area contributed by atoms with E-state index in [-0.39, 0.29) is 17.2 Å². The Morgan fingerprint density at radius 1 is 1.18 bits per heavy atom. The molecule has 2 aromatic rings. The highest BCUT2D eigenvalue weighted by atomic mass is 16.3. The Morgan fingerprint density at radius 2 is 1.82 bits per heavy atom. The lowest BCUT2D eigenvalue weighted by atomic mass is 9.97. The Morgan fingerprint density at radius 3 is 2.41 bits per heavy atom. The first kappa shape index (κ1) is 11.5. The monoisotopic (exact) mass is 229 g/mol. The third-order valence-electron chi connectivity index (χ3n) is 2.69. The van der Waals surface area contributed by atoms with Gasteiger partial charge in [0.05, 0.1) is 0 Å². The quantitative estimate of drug-likeness (QED) is 0.832. The summed E-state index contributed by atoms with van der Waals surface area (Å²) in [5.74, 6) is 0.175. The second-order valence-corrected chi connectivity index (χ2v) is 4.33. The molecule has 0 fully saturated rings. The lowest BCUT2D eigenvalue weighted by Crippen LogP contribution is -2.10. The highest BCUT2D eigenvalue weighted by molar-refractivity contribution is 5.72. The van der Waals surface area contributed by atoms with Crippen molar-refractivity contribution in [2.45, 2.75) is 19.8 Å². The summed E-state index contributed by atoms with van der Waals surface area (Å²) in [5, 5.41) is 9.95. The van der Waals surface area contributed by atoms with Gasteiger partial charge >= 0.3 is 0 Å². The fraction of sp³-hybridized carbons (Fsp3) is 0.214. The van der Waals surface area contributed by atoms with Crippen molar-refractivity contribution in [2.24, 2.45) is 0 Å². The zero-order valence-corrected chi connectivity index (χ0v) is 9.90. The van der Waals surface area contributed by atoms with E-state index >= 15 is 0 Å². The topological polar surface area (TPSA) is 53.1 Å². The summed E-state index contributed by atoms with van der Waals surface area (Å²) in [6.07, 6.45) is 0. The van der Waals surface area contributed by atoms with E-state index in [1.165, 1.54) is 6.07 Å². The number of hydrogen-bond donors (Lipinski definition) is 2. The molecule has 0 radical (unpaired) electrons. The molecule has 88 valence electrons. The molecular weight excluding hydrogens is 214 g/mol. The van der Waals surface area contributed by atoms with Gasteiger partial charge in [0.25, 0.3) is 5.56 Å². The Hall–Kier alpha value is -2.03. The Labute approximate surface area is 99.8 Å². The third-order valence-corrected chi connectivity index (χ3v) is 2.69. The van der Waals surface area contributed by atoms with Gasteiger partial charge in [-0.25, -0.2) is 0 Å². The average molecular weight is 229 g/mol. The lowest BCUT2D eigenvalue weighted by molar-refractivity contribution is 0.474. The summed E-state index contributed by atoms with van der Waals surface area (Å²) in [7, 11) is 0. The van der Waals surface area contributed by atoms with E-state index < -0.39 is 0 Å². The van der Waals surface area contributed by atoms with E-state index in [4.69, 9.17) is 0 Å². The first-order chi connectivity index (χ1) is 8.09. The maximum atomic E-state index is 11.4. The smallest absolute Gasteiger partial charge is 0.251 e. The number of benzene rings is 1. The maximum Gasteiger partial charge on any atom is 0.251 e. The molecule has 0 saturated heterocycles. The third kappa shape index (κ3) is 2.23. The van der Waals surface area contributed by atoms with Gasteiger partial charge in [0.2, 0.25) is 0 Å². The molecule has 1 aromatic carbocycles. The van der Waals surface area contributed by atoms with Crippen LogP contribution in [0.5, 0.6) is 5.75 Å². The van der Waals surface area contributed by atoms with Crippen molar-refractivity contribution in [2.75, 3.05) is 0 Å². The highest BCUT2D eigenvalue weighted by Gasteiger charge is 2.14. The minimum absolute atomic E-state index is 0.0312. The van der Waals surface area contributed by atoms with Crippen LogP contribution in [-0.4, -0.2) is 10.1 Å². The number of nitrogens with one attached hydrogen (secondary N) is 1. The first-order valence-corrected chi connectivity index (χ1v) is 5.61.